The van der Waals surface area contributed by atoms with Crippen LogP contribution in [-0.4, -0.2) is 13.3 Å². The summed E-state index contributed by atoms with van der Waals surface area (Å²) < 4.78 is 28.8. The molecule has 1 unspecified atom stereocenters. The molecule has 0 bridgehead atoms. The van der Waals surface area contributed by atoms with E-state index in [1.807, 2.05) is 49.4 Å². The van der Waals surface area contributed by atoms with Crippen LogP contribution >= 0.6 is 11.6 Å². The lowest BCUT2D eigenvalue weighted by Crippen LogP contribution is -2.35. The van der Waals surface area contributed by atoms with Gasteiger partial charge in [-0.05, 0) is 48.2 Å². The van der Waals surface area contributed by atoms with Crippen LogP contribution in [0.25, 0.3) is 10.8 Å². The van der Waals surface area contributed by atoms with Gasteiger partial charge in [0.05, 0.1) is 15.8 Å². The Morgan fingerprint density at radius 2 is 1.62 bits per heavy atom. The number of halogens is 1. The molecule has 3 aromatic rings. The average molecular weight is 386 g/mol. The summed E-state index contributed by atoms with van der Waals surface area (Å²) in [7, 11) is -3.67. The van der Waals surface area contributed by atoms with Crippen molar-refractivity contribution in [3.05, 3.63) is 77.9 Å². The molecule has 0 saturated heterocycles. The van der Waals surface area contributed by atoms with Crippen molar-refractivity contribution in [2.24, 2.45) is 0 Å². The van der Waals surface area contributed by atoms with E-state index in [0.29, 0.717) is 0 Å². The monoisotopic (exact) mass is 385 g/mol. The van der Waals surface area contributed by atoms with E-state index >= 15 is 0 Å². The first-order valence-electron chi connectivity index (χ1n) is 8.65. The zero-order valence-corrected chi connectivity index (χ0v) is 16.0. The van der Waals surface area contributed by atoms with Gasteiger partial charge in [0.15, 0.2) is 0 Å². The number of nitrogens with one attached hydrogen (secondary N) is 1. The van der Waals surface area contributed by atoms with Crippen LogP contribution in [0.4, 0.5) is 0 Å². The minimum absolute atomic E-state index is 0.259. The highest BCUT2D eigenvalue weighted by Crippen LogP contribution is 2.53. The van der Waals surface area contributed by atoms with Crippen molar-refractivity contribution in [1.29, 1.82) is 0 Å². The lowest BCUT2D eigenvalue weighted by molar-refractivity contribution is 0.542. The second-order valence-electron chi connectivity index (χ2n) is 6.97. The predicted molar refractivity (Wildman–Crippen MR) is 106 cm³/mol. The molecule has 4 rings (SSSR count). The summed E-state index contributed by atoms with van der Waals surface area (Å²) >= 11 is 6.74. The molecule has 0 aromatic heterocycles. The van der Waals surface area contributed by atoms with Crippen molar-refractivity contribution in [3.63, 3.8) is 0 Å². The third kappa shape index (κ3) is 3.25. The zero-order chi connectivity index (χ0) is 18.4. The van der Waals surface area contributed by atoms with Crippen LogP contribution in [-0.2, 0) is 10.0 Å². The van der Waals surface area contributed by atoms with Crippen molar-refractivity contribution in [1.82, 2.24) is 4.72 Å². The maximum absolute atomic E-state index is 13.0. The van der Waals surface area contributed by atoms with Crippen molar-refractivity contribution >= 4 is 32.4 Å². The van der Waals surface area contributed by atoms with Gasteiger partial charge in [-0.2, -0.15) is 0 Å². The Morgan fingerprint density at radius 3 is 2.31 bits per heavy atom. The van der Waals surface area contributed by atoms with Crippen LogP contribution < -0.4 is 4.72 Å². The predicted octanol–water partition coefficient (Wildman–Crippen LogP) is 4.94. The first kappa shape index (κ1) is 17.5. The molecular weight excluding hydrogens is 366 g/mol. The van der Waals surface area contributed by atoms with Crippen LogP contribution in [0.15, 0.2) is 71.6 Å². The molecule has 3 aromatic carbocycles. The number of fused-ring (bicyclic) bond motifs is 1. The van der Waals surface area contributed by atoms with Crippen LogP contribution in [0.5, 0.6) is 0 Å². The molecule has 1 aliphatic rings. The van der Waals surface area contributed by atoms with E-state index < -0.39 is 20.9 Å². The van der Waals surface area contributed by atoms with E-state index in [1.165, 1.54) is 0 Å². The van der Waals surface area contributed by atoms with Gasteiger partial charge in [-0.1, -0.05) is 60.2 Å². The van der Waals surface area contributed by atoms with Crippen LogP contribution in [0.2, 0.25) is 0 Å². The van der Waals surface area contributed by atoms with Crippen molar-refractivity contribution in [2.75, 3.05) is 0 Å². The second kappa shape index (κ2) is 6.38. The number of sulfonamides is 1. The number of aryl methyl sites for hydroxylation is 1. The van der Waals surface area contributed by atoms with E-state index in [9.17, 15) is 8.42 Å². The fourth-order valence-corrected chi connectivity index (χ4v) is 4.92. The number of hydrogen-bond donors (Lipinski definition) is 1. The molecular formula is C21H20ClNO2S. The highest BCUT2D eigenvalue weighted by Gasteiger charge is 2.50. The highest BCUT2D eigenvalue weighted by molar-refractivity contribution is 7.89. The number of hydrogen-bond acceptors (Lipinski definition) is 2. The van der Waals surface area contributed by atoms with Gasteiger partial charge in [-0.25, -0.2) is 13.1 Å². The summed E-state index contributed by atoms with van der Waals surface area (Å²) in [5.41, 5.74) is 1.94. The molecule has 0 heterocycles. The number of benzene rings is 3. The number of rotatable bonds is 5. The Morgan fingerprint density at radius 1 is 0.962 bits per heavy atom. The van der Waals surface area contributed by atoms with Crippen LogP contribution in [0.1, 0.15) is 30.0 Å². The molecule has 0 amide bonds. The molecule has 5 heteroatoms. The third-order valence-corrected chi connectivity index (χ3v) is 7.02. The van der Waals surface area contributed by atoms with E-state index in [-0.39, 0.29) is 4.90 Å². The average Bonchev–Trinajstić information content (AvgIpc) is 3.38. The standard InChI is InChI=1S/C21H20ClNO2S/c1-15-9-11-17(12-10-15)26(24,25)23-20(21(22)13-14-21)19-8-4-6-16-5-2-3-7-18(16)19/h2-12,20,23H,13-14H2,1H3. The highest BCUT2D eigenvalue weighted by atomic mass is 35.5. The topological polar surface area (TPSA) is 46.2 Å². The van der Waals surface area contributed by atoms with Crippen LogP contribution in [0.3, 0.4) is 0 Å². The summed E-state index contributed by atoms with van der Waals surface area (Å²) in [5.74, 6) is 0. The molecule has 26 heavy (non-hydrogen) atoms. The first-order chi connectivity index (χ1) is 12.4. The van der Waals surface area contributed by atoms with Gasteiger partial charge >= 0.3 is 0 Å². The zero-order valence-electron chi connectivity index (χ0n) is 14.4. The Kier molecular flexibility index (Phi) is 4.30. The number of alkyl halides is 1. The van der Waals surface area contributed by atoms with Crippen LogP contribution in [0, 0.1) is 6.92 Å². The molecule has 0 radical (unpaired) electrons. The van der Waals surface area contributed by atoms with Gasteiger partial charge in [0.25, 0.3) is 0 Å². The Balaban J connectivity index is 1.78. The maximum Gasteiger partial charge on any atom is 0.241 e. The molecule has 1 saturated carbocycles. The molecule has 1 aliphatic carbocycles. The van der Waals surface area contributed by atoms with E-state index in [0.717, 1.165) is 34.7 Å². The Hall–Kier alpha value is -1.88. The minimum atomic E-state index is -3.67. The smallest absolute Gasteiger partial charge is 0.207 e. The molecule has 1 N–H and O–H groups in total. The van der Waals surface area contributed by atoms with Gasteiger partial charge in [0, 0.05) is 0 Å². The lowest BCUT2D eigenvalue weighted by atomic mass is 9.96. The summed E-state index contributed by atoms with van der Waals surface area (Å²) in [6, 6.07) is 20.3. The van der Waals surface area contributed by atoms with E-state index in [4.69, 9.17) is 11.6 Å². The van der Waals surface area contributed by atoms with Gasteiger partial charge in [-0.3, -0.25) is 0 Å². The summed E-state index contributed by atoms with van der Waals surface area (Å²) in [6.45, 7) is 1.93. The molecule has 0 aliphatic heterocycles. The summed E-state index contributed by atoms with van der Waals surface area (Å²) in [6.07, 6.45) is 1.58. The van der Waals surface area contributed by atoms with E-state index in [1.54, 1.807) is 24.3 Å². The summed E-state index contributed by atoms with van der Waals surface area (Å²) in [4.78, 5) is -0.309. The van der Waals surface area contributed by atoms with Crippen molar-refractivity contribution in [2.45, 2.75) is 35.6 Å². The van der Waals surface area contributed by atoms with Crippen molar-refractivity contribution in [3.8, 4) is 0 Å². The quantitative estimate of drug-likeness (QED) is 0.632. The largest absolute Gasteiger partial charge is 0.241 e. The van der Waals surface area contributed by atoms with Crippen molar-refractivity contribution < 1.29 is 8.42 Å². The SMILES string of the molecule is Cc1ccc(S(=O)(=O)NC(c2cccc3ccccc23)C2(Cl)CC2)cc1. The van der Waals surface area contributed by atoms with Gasteiger partial charge in [0.2, 0.25) is 10.0 Å². The molecule has 1 atom stereocenters. The Bertz CT molecular complexity index is 1050. The molecule has 3 nitrogen and oxygen atoms in total. The lowest BCUT2D eigenvalue weighted by Gasteiger charge is -2.25. The fourth-order valence-electron chi connectivity index (χ4n) is 3.30. The minimum Gasteiger partial charge on any atom is -0.207 e. The molecule has 1 fully saturated rings. The summed E-state index contributed by atoms with van der Waals surface area (Å²) in [5, 5.41) is 2.10. The Labute approximate surface area is 159 Å². The fraction of sp³-hybridized carbons (Fsp3) is 0.238. The normalized spacial score (nSPS) is 17.2. The third-order valence-electron chi connectivity index (χ3n) is 4.98. The second-order valence-corrected chi connectivity index (χ2v) is 9.44. The van der Waals surface area contributed by atoms with E-state index in [2.05, 4.69) is 4.72 Å². The van der Waals surface area contributed by atoms with Gasteiger partial charge in [0.1, 0.15) is 0 Å². The van der Waals surface area contributed by atoms with Gasteiger partial charge in [-0.15, -0.1) is 11.6 Å². The molecule has 134 valence electrons. The van der Waals surface area contributed by atoms with Gasteiger partial charge < -0.3 is 0 Å². The maximum atomic E-state index is 13.0. The first-order valence-corrected chi connectivity index (χ1v) is 10.5. The molecule has 0 spiro atoms.